The van der Waals surface area contributed by atoms with Gasteiger partial charge in [0.1, 0.15) is 0 Å². The van der Waals surface area contributed by atoms with Gasteiger partial charge in [-0.25, -0.2) is 0 Å². The van der Waals surface area contributed by atoms with Crippen LogP contribution >= 0.6 is 0 Å². The minimum Gasteiger partial charge on any atom is -0.356 e. The molecule has 1 aliphatic rings. The lowest BCUT2D eigenvalue weighted by Crippen LogP contribution is -2.32. The first-order valence-corrected chi connectivity index (χ1v) is 6.07. The van der Waals surface area contributed by atoms with Gasteiger partial charge < -0.3 is 5.32 Å². The number of carbonyl (C=O) groups is 1. The minimum atomic E-state index is 0.294. The molecule has 1 aliphatic heterocycles. The summed E-state index contributed by atoms with van der Waals surface area (Å²) in [6.07, 6.45) is 7.01. The van der Waals surface area contributed by atoms with E-state index in [9.17, 15) is 4.79 Å². The molecule has 1 fully saturated rings. The van der Waals surface area contributed by atoms with Crippen molar-refractivity contribution in [3.63, 3.8) is 0 Å². The molecular formula is C12H23NO. The molecule has 1 heterocycles. The Balaban J connectivity index is 2.60. The molecule has 14 heavy (non-hydrogen) atoms. The second-order valence-electron chi connectivity index (χ2n) is 4.38. The minimum absolute atomic E-state index is 0.294. The molecule has 0 spiro atoms. The maximum Gasteiger partial charge on any atom is 0.223 e. The lowest BCUT2D eigenvalue weighted by Gasteiger charge is -2.22. The third kappa shape index (κ3) is 3.00. The van der Waals surface area contributed by atoms with E-state index in [2.05, 4.69) is 19.2 Å². The molecule has 1 amide bonds. The van der Waals surface area contributed by atoms with Crippen molar-refractivity contribution in [2.75, 3.05) is 6.54 Å². The van der Waals surface area contributed by atoms with Gasteiger partial charge >= 0.3 is 0 Å². The van der Waals surface area contributed by atoms with Crippen LogP contribution in [0.15, 0.2) is 0 Å². The Kier molecular flexibility index (Phi) is 4.99. The van der Waals surface area contributed by atoms with Crippen LogP contribution in [0.4, 0.5) is 0 Å². The quantitative estimate of drug-likeness (QED) is 0.737. The molecule has 2 nitrogen and oxygen atoms in total. The van der Waals surface area contributed by atoms with Gasteiger partial charge in [-0.3, -0.25) is 4.79 Å². The molecule has 0 aromatic rings. The van der Waals surface area contributed by atoms with Crippen LogP contribution in [0.1, 0.15) is 52.4 Å². The Morgan fingerprint density at radius 1 is 1.29 bits per heavy atom. The van der Waals surface area contributed by atoms with Gasteiger partial charge in [0.05, 0.1) is 0 Å². The molecule has 0 aromatic heterocycles. The van der Waals surface area contributed by atoms with E-state index in [1.165, 1.54) is 19.3 Å². The highest BCUT2D eigenvalue weighted by molar-refractivity contribution is 5.79. The van der Waals surface area contributed by atoms with Crippen molar-refractivity contribution in [3.8, 4) is 0 Å². The van der Waals surface area contributed by atoms with Crippen LogP contribution < -0.4 is 5.32 Å². The summed E-state index contributed by atoms with van der Waals surface area (Å²) in [5.74, 6) is 1.24. The SMILES string of the molecule is CCCC1CCCNC(=O)C1CCC. The van der Waals surface area contributed by atoms with Crippen molar-refractivity contribution < 1.29 is 4.79 Å². The van der Waals surface area contributed by atoms with E-state index < -0.39 is 0 Å². The van der Waals surface area contributed by atoms with Crippen LogP contribution in [0.25, 0.3) is 0 Å². The average molecular weight is 197 g/mol. The summed E-state index contributed by atoms with van der Waals surface area (Å²) in [6, 6.07) is 0. The molecule has 2 heteroatoms. The zero-order chi connectivity index (χ0) is 10.4. The molecule has 0 aliphatic carbocycles. The number of hydrogen-bond acceptors (Lipinski definition) is 1. The molecule has 2 atom stereocenters. The topological polar surface area (TPSA) is 29.1 Å². The second-order valence-corrected chi connectivity index (χ2v) is 4.38. The summed E-state index contributed by atoms with van der Waals surface area (Å²) in [7, 11) is 0. The van der Waals surface area contributed by atoms with E-state index in [-0.39, 0.29) is 0 Å². The zero-order valence-corrected chi connectivity index (χ0v) is 9.51. The number of hydrogen-bond donors (Lipinski definition) is 1. The van der Waals surface area contributed by atoms with Gasteiger partial charge in [0, 0.05) is 12.5 Å². The van der Waals surface area contributed by atoms with E-state index in [1.807, 2.05) is 0 Å². The smallest absolute Gasteiger partial charge is 0.223 e. The zero-order valence-electron chi connectivity index (χ0n) is 9.51. The average Bonchev–Trinajstić information content (AvgIpc) is 2.33. The normalized spacial score (nSPS) is 28.3. The molecule has 0 radical (unpaired) electrons. The van der Waals surface area contributed by atoms with Gasteiger partial charge in [0.15, 0.2) is 0 Å². The summed E-state index contributed by atoms with van der Waals surface area (Å²) >= 11 is 0. The molecule has 1 rings (SSSR count). The van der Waals surface area contributed by atoms with Crippen LogP contribution in [0.5, 0.6) is 0 Å². The van der Waals surface area contributed by atoms with Crippen LogP contribution in [-0.2, 0) is 4.79 Å². The number of carbonyl (C=O) groups excluding carboxylic acids is 1. The van der Waals surface area contributed by atoms with Gasteiger partial charge in [0.2, 0.25) is 5.91 Å². The number of nitrogens with one attached hydrogen (secondary N) is 1. The maximum atomic E-state index is 11.8. The molecule has 1 N–H and O–H groups in total. The van der Waals surface area contributed by atoms with Crippen LogP contribution in [0, 0.1) is 11.8 Å². The predicted molar refractivity (Wildman–Crippen MR) is 59.0 cm³/mol. The van der Waals surface area contributed by atoms with Crippen molar-refractivity contribution in [2.45, 2.75) is 52.4 Å². The monoisotopic (exact) mass is 197 g/mol. The van der Waals surface area contributed by atoms with E-state index in [0.717, 1.165) is 25.8 Å². The largest absolute Gasteiger partial charge is 0.356 e. The van der Waals surface area contributed by atoms with Gasteiger partial charge in [-0.1, -0.05) is 26.7 Å². The van der Waals surface area contributed by atoms with E-state index in [4.69, 9.17) is 0 Å². The Bertz CT molecular complexity index is 179. The second kappa shape index (κ2) is 6.05. The molecule has 0 aromatic carbocycles. The number of rotatable bonds is 4. The standard InChI is InChI=1S/C12H23NO/c1-3-6-10-8-5-9-13-12(14)11(10)7-4-2/h10-11H,3-9H2,1-2H3,(H,13,14). The summed E-state index contributed by atoms with van der Waals surface area (Å²) < 4.78 is 0. The fourth-order valence-corrected chi connectivity index (χ4v) is 2.52. The first-order chi connectivity index (χ1) is 6.79. The summed E-state index contributed by atoms with van der Waals surface area (Å²) in [5, 5.41) is 3.03. The third-order valence-electron chi connectivity index (χ3n) is 3.22. The van der Waals surface area contributed by atoms with Crippen molar-refractivity contribution in [2.24, 2.45) is 11.8 Å². The third-order valence-corrected chi connectivity index (χ3v) is 3.22. The first-order valence-electron chi connectivity index (χ1n) is 6.07. The molecule has 1 saturated heterocycles. The fraction of sp³-hybridized carbons (Fsp3) is 0.917. The van der Waals surface area contributed by atoms with E-state index in [0.29, 0.717) is 17.7 Å². The Morgan fingerprint density at radius 2 is 2.00 bits per heavy atom. The molecule has 0 bridgehead atoms. The summed E-state index contributed by atoms with van der Waals surface area (Å²) in [4.78, 5) is 11.8. The first kappa shape index (κ1) is 11.5. The Labute approximate surface area is 87.5 Å². The molecule has 0 saturated carbocycles. The van der Waals surface area contributed by atoms with Crippen molar-refractivity contribution in [3.05, 3.63) is 0 Å². The maximum absolute atomic E-state index is 11.8. The molecule has 82 valence electrons. The van der Waals surface area contributed by atoms with Gasteiger partial charge in [-0.15, -0.1) is 0 Å². The summed E-state index contributed by atoms with van der Waals surface area (Å²) in [6.45, 7) is 5.27. The van der Waals surface area contributed by atoms with Crippen molar-refractivity contribution in [1.29, 1.82) is 0 Å². The lowest BCUT2D eigenvalue weighted by atomic mass is 9.83. The van der Waals surface area contributed by atoms with Crippen LogP contribution in [-0.4, -0.2) is 12.5 Å². The van der Waals surface area contributed by atoms with Crippen LogP contribution in [0.2, 0.25) is 0 Å². The van der Waals surface area contributed by atoms with Gasteiger partial charge in [-0.05, 0) is 31.6 Å². The number of amides is 1. The van der Waals surface area contributed by atoms with Gasteiger partial charge in [0.25, 0.3) is 0 Å². The highest BCUT2D eigenvalue weighted by atomic mass is 16.1. The van der Waals surface area contributed by atoms with E-state index >= 15 is 0 Å². The Morgan fingerprint density at radius 3 is 2.64 bits per heavy atom. The summed E-state index contributed by atoms with van der Waals surface area (Å²) in [5.41, 5.74) is 0. The highest BCUT2D eigenvalue weighted by Crippen LogP contribution is 2.28. The molecular weight excluding hydrogens is 174 g/mol. The Hall–Kier alpha value is -0.530. The predicted octanol–water partition coefficient (Wildman–Crippen LogP) is 2.73. The highest BCUT2D eigenvalue weighted by Gasteiger charge is 2.28. The molecule has 2 unspecified atom stereocenters. The fourth-order valence-electron chi connectivity index (χ4n) is 2.52. The van der Waals surface area contributed by atoms with E-state index in [1.54, 1.807) is 0 Å². The van der Waals surface area contributed by atoms with Crippen molar-refractivity contribution in [1.82, 2.24) is 5.32 Å². The van der Waals surface area contributed by atoms with Crippen molar-refractivity contribution >= 4 is 5.91 Å². The van der Waals surface area contributed by atoms with Crippen LogP contribution in [0.3, 0.4) is 0 Å². The lowest BCUT2D eigenvalue weighted by molar-refractivity contribution is -0.126. The van der Waals surface area contributed by atoms with Gasteiger partial charge in [-0.2, -0.15) is 0 Å².